The molecule has 23 heavy (non-hydrogen) atoms. The Morgan fingerprint density at radius 3 is 2.48 bits per heavy atom. The highest BCUT2D eigenvalue weighted by Gasteiger charge is 2.21. The van der Waals surface area contributed by atoms with Gasteiger partial charge in [0, 0.05) is 25.0 Å². The number of nitrogens with one attached hydrogen (secondary N) is 1. The van der Waals surface area contributed by atoms with Crippen molar-refractivity contribution in [2.24, 2.45) is 0 Å². The van der Waals surface area contributed by atoms with Crippen molar-refractivity contribution in [1.29, 1.82) is 0 Å². The molecule has 0 aliphatic heterocycles. The van der Waals surface area contributed by atoms with Crippen molar-refractivity contribution in [3.05, 3.63) is 35.9 Å². The summed E-state index contributed by atoms with van der Waals surface area (Å²) in [6.45, 7) is 4.91. The molecule has 1 N–H and O–H groups in total. The van der Waals surface area contributed by atoms with Crippen LogP contribution in [-0.4, -0.2) is 31.1 Å². The van der Waals surface area contributed by atoms with Gasteiger partial charge in [-0.15, -0.1) is 0 Å². The maximum Gasteiger partial charge on any atom is 0.305 e. The predicted octanol–water partition coefficient (Wildman–Crippen LogP) is 2.83. The van der Waals surface area contributed by atoms with Gasteiger partial charge in [0.15, 0.2) is 0 Å². The molecular formula is C18H27NO4. The fourth-order valence-electron chi connectivity index (χ4n) is 2.12. The van der Waals surface area contributed by atoms with E-state index in [0.29, 0.717) is 38.9 Å². The lowest BCUT2D eigenvalue weighted by molar-refractivity contribution is -0.141. The topological polar surface area (TPSA) is 64.6 Å². The fraction of sp³-hybridized carbons (Fsp3) is 0.556. The number of benzene rings is 1. The molecule has 1 amide bonds. The Hall–Kier alpha value is -1.88. The van der Waals surface area contributed by atoms with E-state index in [2.05, 4.69) is 10.1 Å². The van der Waals surface area contributed by atoms with Gasteiger partial charge in [0.1, 0.15) is 0 Å². The van der Waals surface area contributed by atoms with E-state index in [1.165, 1.54) is 7.11 Å². The Morgan fingerprint density at radius 2 is 1.83 bits per heavy atom. The second-order valence-corrected chi connectivity index (χ2v) is 6.15. The molecule has 5 nitrogen and oxygen atoms in total. The Labute approximate surface area is 138 Å². The highest BCUT2D eigenvalue weighted by molar-refractivity contribution is 5.76. The Morgan fingerprint density at radius 1 is 1.13 bits per heavy atom. The average molecular weight is 321 g/mol. The first-order chi connectivity index (χ1) is 10.9. The maximum absolute atomic E-state index is 11.9. The summed E-state index contributed by atoms with van der Waals surface area (Å²) in [4.78, 5) is 23.1. The zero-order valence-electron chi connectivity index (χ0n) is 14.3. The highest BCUT2D eigenvalue weighted by Crippen LogP contribution is 2.12. The molecule has 0 atom stereocenters. The van der Waals surface area contributed by atoms with E-state index in [1.54, 1.807) is 0 Å². The molecule has 0 fully saturated rings. The summed E-state index contributed by atoms with van der Waals surface area (Å²) >= 11 is 0. The maximum atomic E-state index is 11.9. The Kier molecular flexibility index (Phi) is 8.33. The summed E-state index contributed by atoms with van der Waals surface area (Å²) in [5.41, 5.74) is 0.705. The molecule has 0 unspecified atom stereocenters. The largest absolute Gasteiger partial charge is 0.469 e. The second kappa shape index (κ2) is 10.0. The van der Waals surface area contributed by atoms with Gasteiger partial charge in [0.25, 0.3) is 0 Å². The molecule has 0 bridgehead atoms. The zero-order chi connectivity index (χ0) is 17.1. The summed E-state index contributed by atoms with van der Waals surface area (Å²) in [5.74, 6) is -0.287. The first-order valence-electron chi connectivity index (χ1n) is 7.92. The first-order valence-corrected chi connectivity index (χ1v) is 7.92. The van der Waals surface area contributed by atoms with Crippen LogP contribution in [0.4, 0.5) is 0 Å². The van der Waals surface area contributed by atoms with Crippen molar-refractivity contribution in [2.45, 2.75) is 51.7 Å². The second-order valence-electron chi connectivity index (χ2n) is 6.15. The standard InChI is InChI=1S/C18H27NO4/c1-18(2,12-11-17(21)22-3)19-16(20)10-7-13-23-14-15-8-5-4-6-9-15/h4-6,8-9H,7,10-14H2,1-3H3,(H,19,20). The molecule has 5 heteroatoms. The molecule has 1 aromatic carbocycles. The van der Waals surface area contributed by atoms with Crippen LogP contribution in [0.1, 0.15) is 45.1 Å². The van der Waals surface area contributed by atoms with Gasteiger partial charge < -0.3 is 14.8 Å². The molecule has 0 spiro atoms. The molecule has 0 aliphatic carbocycles. The molecule has 0 heterocycles. The summed E-state index contributed by atoms with van der Waals surface area (Å²) in [7, 11) is 1.36. The quantitative estimate of drug-likeness (QED) is 0.531. The molecule has 0 aromatic heterocycles. The number of amides is 1. The van der Waals surface area contributed by atoms with Crippen LogP contribution in [-0.2, 0) is 25.7 Å². The third kappa shape index (κ3) is 8.98. The van der Waals surface area contributed by atoms with Crippen LogP contribution in [0, 0.1) is 0 Å². The molecule has 128 valence electrons. The molecule has 0 aliphatic rings. The summed E-state index contributed by atoms with van der Waals surface area (Å²) < 4.78 is 10.2. The summed E-state index contributed by atoms with van der Waals surface area (Å²) in [6, 6.07) is 9.94. The average Bonchev–Trinajstić information content (AvgIpc) is 2.53. The van der Waals surface area contributed by atoms with E-state index in [4.69, 9.17) is 4.74 Å². The first kappa shape index (κ1) is 19.2. The van der Waals surface area contributed by atoms with Gasteiger partial charge in [-0.05, 0) is 32.3 Å². The lowest BCUT2D eigenvalue weighted by Crippen LogP contribution is -2.43. The van der Waals surface area contributed by atoms with E-state index in [1.807, 2.05) is 44.2 Å². The number of ether oxygens (including phenoxy) is 2. The van der Waals surface area contributed by atoms with E-state index in [9.17, 15) is 9.59 Å². The number of carbonyl (C=O) groups excluding carboxylic acids is 2. The van der Waals surface area contributed by atoms with Gasteiger partial charge in [0.05, 0.1) is 13.7 Å². The summed E-state index contributed by atoms with van der Waals surface area (Å²) in [5, 5.41) is 2.94. The molecule has 1 rings (SSSR count). The minimum Gasteiger partial charge on any atom is -0.469 e. The van der Waals surface area contributed by atoms with Crippen molar-refractivity contribution in [3.8, 4) is 0 Å². The molecule has 0 radical (unpaired) electrons. The van der Waals surface area contributed by atoms with Crippen LogP contribution in [0.15, 0.2) is 30.3 Å². The van der Waals surface area contributed by atoms with Crippen molar-refractivity contribution >= 4 is 11.9 Å². The smallest absolute Gasteiger partial charge is 0.305 e. The number of hydrogen-bond acceptors (Lipinski definition) is 4. The monoisotopic (exact) mass is 321 g/mol. The molecule has 0 saturated heterocycles. The Balaban J connectivity index is 2.14. The van der Waals surface area contributed by atoms with Crippen LogP contribution in [0.3, 0.4) is 0 Å². The van der Waals surface area contributed by atoms with Gasteiger partial charge in [0.2, 0.25) is 5.91 Å². The van der Waals surface area contributed by atoms with Crippen molar-refractivity contribution in [3.63, 3.8) is 0 Å². The van der Waals surface area contributed by atoms with Crippen molar-refractivity contribution in [2.75, 3.05) is 13.7 Å². The predicted molar refractivity (Wildman–Crippen MR) is 88.8 cm³/mol. The van der Waals surface area contributed by atoms with E-state index < -0.39 is 5.54 Å². The lowest BCUT2D eigenvalue weighted by Gasteiger charge is -2.25. The number of carbonyl (C=O) groups is 2. The van der Waals surface area contributed by atoms with Gasteiger partial charge in [-0.1, -0.05) is 30.3 Å². The number of hydrogen-bond donors (Lipinski definition) is 1. The van der Waals surface area contributed by atoms with E-state index >= 15 is 0 Å². The third-order valence-electron chi connectivity index (χ3n) is 3.46. The minimum atomic E-state index is -0.420. The SMILES string of the molecule is COC(=O)CCC(C)(C)NC(=O)CCCOCc1ccccc1. The molecule has 1 aromatic rings. The van der Waals surface area contributed by atoms with Crippen LogP contribution < -0.4 is 5.32 Å². The van der Waals surface area contributed by atoms with Gasteiger partial charge >= 0.3 is 5.97 Å². The van der Waals surface area contributed by atoms with Gasteiger partial charge in [-0.2, -0.15) is 0 Å². The van der Waals surface area contributed by atoms with E-state index in [-0.39, 0.29) is 11.9 Å². The van der Waals surface area contributed by atoms with E-state index in [0.717, 1.165) is 5.56 Å². The normalized spacial score (nSPS) is 11.1. The van der Waals surface area contributed by atoms with Crippen LogP contribution in [0.2, 0.25) is 0 Å². The molecular weight excluding hydrogens is 294 g/mol. The zero-order valence-corrected chi connectivity index (χ0v) is 14.3. The van der Waals surface area contributed by atoms with Crippen molar-refractivity contribution < 1.29 is 19.1 Å². The van der Waals surface area contributed by atoms with Gasteiger partial charge in [-0.3, -0.25) is 9.59 Å². The highest BCUT2D eigenvalue weighted by atomic mass is 16.5. The van der Waals surface area contributed by atoms with Crippen LogP contribution in [0.5, 0.6) is 0 Å². The number of esters is 1. The number of rotatable bonds is 10. The van der Waals surface area contributed by atoms with Crippen LogP contribution >= 0.6 is 0 Å². The fourth-order valence-corrected chi connectivity index (χ4v) is 2.12. The summed E-state index contributed by atoms with van der Waals surface area (Å²) in [6.07, 6.45) is 1.93. The Bertz CT molecular complexity index is 485. The number of methoxy groups -OCH3 is 1. The van der Waals surface area contributed by atoms with Crippen LogP contribution in [0.25, 0.3) is 0 Å². The minimum absolute atomic E-state index is 0.0248. The molecule has 0 saturated carbocycles. The third-order valence-corrected chi connectivity index (χ3v) is 3.46. The van der Waals surface area contributed by atoms with Crippen molar-refractivity contribution in [1.82, 2.24) is 5.32 Å². The lowest BCUT2D eigenvalue weighted by atomic mass is 9.98. The van der Waals surface area contributed by atoms with Gasteiger partial charge in [-0.25, -0.2) is 0 Å².